The summed E-state index contributed by atoms with van der Waals surface area (Å²) < 4.78 is 0. The Morgan fingerprint density at radius 2 is 1.86 bits per heavy atom. The number of aliphatic hydroxyl groups excluding tert-OH is 1. The van der Waals surface area contributed by atoms with E-state index < -0.39 is 18.1 Å². The molecule has 0 unspecified atom stereocenters. The van der Waals surface area contributed by atoms with E-state index in [9.17, 15) is 14.7 Å². The SMILES string of the molecule is C/C(=C/N[C@H](C(=O)N1CCC[C@H]1C(=O)N[C@@H](CO)c1ccc(-c2ccncc2)cc1)C(C)C)N=N. The molecule has 1 aliphatic rings. The molecule has 1 aromatic carbocycles. The normalized spacial score (nSPS) is 17.7. The third kappa shape index (κ3) is 6.51. The molecule has 0 bridgehead atoms. The Bertz CT molecular complexity index is 1040. The first-order valence-corrected chi connectivity index (χ1v) is 11.9. The fraction of sp³-hybridized carbons (Fsp3) is 0.423. The fourth-order valence-electron chi connectivity index (χ4n) is 4.23. The Labute approximate surface area is 206 Å². The minimum Gasteiger partial charge on any atom is -0.394 e. The molecule has 35 heavy (non-hydrogen) atoms. The standard InChI is InChI=1S/C26H34N6O3/c1-17(2)24(29-15-18(3)31-27)26(35)32-14-4-5-23(32)25(34)30-22(16-33)21-8-6-19(7-9-21)20-10-12-28-13-11-20/h6-13,15,17,22-24,27,29,33H,4-5,14,16H2,1-3H3,(H,30,34)/b18-15-,31-27?/t22-,23-,24-/m0/s1. The molecule has 2 heterocycles. The molecular weight excluding hydrogens is 444 g/mol. The number of rotatable bonds is 10. The van der Waals surface area contributed by atoms with Crippen LogP contribution in [0.2, 0.25) is 0 Å². The van der Waals surface area contributed by atoms with Crippen LogP contribution in [-0.4, -0.2) is 52.0 Å². The number of likely N-dealkylation sites (tertiary alicyclic amines) is 1. The summed E-state index contributed by atoms with van der Waals surface area (Å²) in [6, 6.07) is 9.81. The second-order valence-corrected chi connectivity index (χ2v) is 9.08. The first-order valence-electron chi connectivity index (χ1n) is 11.9. The lowest BCUT2D eigenvalue weighted by atomic mass is 10.0. The number of amides is 2. The van der Waals surface area contributed by atoms with Gasteiger partial charge in [0.1, 0.15) is 12.1 Å². The highest BCUT2D eigenvalue weighted by molar-refractivity contribution is 5.90. The van der Waals surface area contributed by atoms with Crippen LogP contribution in [0.3, 0.4) is 0 Å². The van der Waals surface area contributed by atoms with Gasteiger partial charge in [-0.15, -0.1) is 0 Å². The van der Waals surface area contributed by atoms with Gasteiger partial charge in [-0.1, -0.05) is 38.1 Å². The van der Waals surface area contributed by atoms with Crippen LogP contribution >= 0.6 is 0 Å². The highest BCUT2D eigenvalue weighted by Gasteiger charge is 2.38. The van der Waals surface area contributed by atoms with Gasteiger partial charge in [-0.05, 0) is 54.5 Å². The van der Waals surface area contributed by atoms with Gasteiger partial charge in [0.2, 0.25) is 11.8 Å². The molecule has 1 aliphatic heterocycles. The first kappa shape index (κ1) is 26.0. The average molecular weight is 479 g/mol. The van der Waals surface area contributed by atoms with Gasteiger partial charge < -0.3 is 20.6 Å². The number of hydrogen-bond donors (Lipinski definition) is 4. The molecule has 0 radical (unpaired) electrons. The van der Waals surface area contributed by atoms with Crippen LogP contribution in [0.25, 0.3) is 11.1 Å². The molecule has 1 aromatic heterocycles. The number of carbonyl (C=O) groups is 2. The minimum atomic E-state index is -0.596. The molecule has 1 saturated heterocycles. The molecule has 2 aromatic rings. The maximum Gasteiger partial charge on any atom is 0.245 e. The summed E-state index contributed by atoms with van der Waals surface area (Å²) in [5, 5.41) is 19.3. The third-order valence-corrected chi connectivity index (χ3v) is 6.25. The van der Waals surface area contributed by atoms with E-state index in [4.69, 9.17) is 5.53 Å². The van der Waals surface area contributed by atoms with Gasteiger partial charge >= 0.3 is 0 Å². The fourth-order valence-corrected chi connectivity index (χ4v) is 4.23. The van der Waals surface area contributed by atoms with Gasteiger partial charge in [0, 0.05) is 25.1 Å². The number of benzene rings is 1. The number of hydrogen-bond acceptors (Lipinski definition) is 7. The lowest BCUT2D eigenvalue weighted by molar-refractivity contribution is -0.141. The predicted octanol–water partition coefficient (Wildman–Crippen LogP) is 3.40. The molecule has 9 heteroatoms. The van der Waals surface area contributed by atoms with E-state index in [1.165, 1.54) is 0 Å². The minimum absolute atomic E-state index is 0.0225. The molecule has 2 amide bonds. The van der Waals surface area contributed by atoms with Gasteiger partial charge in [0.25, 0.3) is 0 Å². The van der Waals surface area contributed by atoms with Crippen molar-refractivity contribution < 1.29 is 14.7 Å². The highest BCUT2D eigenvalue weighted by atomic mass is 16.3. The van der Waals surface area contributed by atoms with Crippen molar-refractivity contribution in [2.24, 2.45) is 11.0 Å². The summed E-state index contributed by atoms with van der Waals surface area (Å²) in [7, 11) is 0. The quantitative estimate of drug-likeness (QED) is 0.389. The number of allylic oxidation sites excluding steroid dienone is 1. The van der Waals surface area contributed by atoms with Crippen molar-refractivity contribution in [1.82, 2.24) is 20.5 Å². The van der Waals surface area contributed by atoms with Gasteiger partial charge in [0.15, 0.2) is 0 Å². The molecular formula is C26H34N6O3. The molecule has 0 aliphatic carbocycles. The van der Waals surface area contributed by atoms with E-state index in [1.807, 2.05) is 50.2 Å². The van der Waals surface area contributed by atoms with Crippen LogP contribution in [0.5, 0.6) is 0 Å². The summed E-state index contributed by atoms with van der Waals surface area (Å²) in [6.45, 7) is 5.78. The van der Waals surface area contributed by atoms with Gasteiger partial charge in [-0.3, -0.25) is 14.6 Å². The van der Waals surface area contributed by atoms with E-state index in [-0.39, 0.29) is 24.3 Å². The van der Waals surface area contributed by atoms with Crippen molar-refractivity contribution in [2.45, 2.75) is 51.7 Å². The summed E-state index contributed by atoms with van der Waals surface area (Å²) in [5.41, 5.74) is 10.4. The topological polar surface area (TPSA) is 131 Å². The number of aromatic nitrogens is 1. The number of carbonyl (C=O) groups excluding carboxylic acids is 2. The maximum absolute atomic E-state index is 13.3. The van der Waals surface area contributed by atoms with Crippen LogP contribution in [0, 0.1) is 11.4 Å². The zero-order chi connectivity index (χ0) is 25.4. The van der Waals surface area contributed by atoms with E-state index in [0.29, 0.717) is 18.7 Å². The predicted molar refractivity (Wildman–Crippen MR) is 133 cm³/mol. The molecule has 1 fully saturated rings. The van der Waals surface area contributed by atoms with Crippen molar-refractivity contribution in [3.8, 4) is 11.1 Å². The summed E-state index contributed by atoms with van der Waals surface area (Å²) in [5.74, 6) is -0.455. The Balaban J connectivity index is 1.70. The van der Waals surface area contributed by atoms with Crippen LogP contribution in [-0.2, 0) is 9.59 Å². The number of pyridine rings is 1. The van der Waals surface area contributed by atoms with Crippen molar-refractivity contribution in [1.29, 1.82) is 5.53 Å². The lowest BCUT2D eigenvalue weighted by Gasteiger charge is -2.31. The Morgan fingerprint density at radius 3 is 2.46 bits per heavy atom. The Morgan fingerprint density at radius 1 is 1.20 bits per heavy atom. The summed E-state index contributed by atoms with van der Waals surface area (Å²) in [6.07, 6.45) is 6.32. The number of nitrogens with one attached hydrogen (secondary N) is 3. The molecule has 0 spiro atoms. The highest BCUT2D eigenvalue weighted by Crippen LogP contribution is 2.24. The monoisotopic (exact) mass is 478 g/mol. The van der Waals surface area contributed by atoms with Crippen LogP contribution in [0.15, 0.2) is 65.8 Å². The van der Waals surface area contributed by atoms with E-state index >= 15 is 0 Å². The first-order chi connectivity index (χ1) is 16.8. The van der Waals surface area contributed by atoms with Crippen LogP contribution < -0.4 is 10.6 Å². The maximum atomic E-state index is 13.3. The molecule has 0 saturated carbocycles. The Hall–Kier alpha value is -3.59. The second-order valence-electron chi connectivity index (χ2n) is 9.08. The van der Waals surface area contributed by atoms with Gasteiger partial charge in [-0.25, -0.2) is 5.53 Å². The van der Waals surface area contributed by atoms with Crippen molar-refractivity contribution >= 4 is 11.8 Å². The largest absolute Gasteiger partial charge is 0.394 e. The Kier molecular flexibility index (Phi) is 9.08. The lowest BCUT2D eigenvalue weighted by Crippen LogP contribution is -2.53. The number of aliphatic hydroxyl groups is 1. The molecule has 9 nitrogen and oxygen atoms in total. The summed E-state index contributed by atoms with van der Waals surface area (Å²) >= 11 is 0. The molecule has 4 N–H and O–H groups in total. The molecule has 3 atom stereocenters. The summed E-state index contributed by atoms with van der Waals surface area (Å²) in [4.78, 5) is 32.2. The van der Waals surface area contributed by atoms with Gasteiger partial charge in [0.05, 0.1) is 18.3 Å². The second kappa shape index (κ2) is 12.2. The smallest absolute Gasteiger partial charge is 0.245 e. The van der Waals surface area contributed by atoms with Crippen LogP contribution in [0.1, 0.15) is 45.2 Å². The van der Waals surface area contributed by atoms with E-state index in [0.717, 1.165) is 23.1 Å². The van der Waals surface area contributed by atoms with Crippen LogP contribution in [0.4, 0.5) is 0 Å². The number of nitrogens with zero attached hydrogens (tertiary/aromatic N) is 3. The van der Waals surface area contributed by atoms with Crippen molar-refractivity contribution in [3.63, 3.8) is 0 Å². The molecule has 3 rings (SSSR count). The van der Waals surface area contributed by atoms with Crippen molar-refractivity contribution in [3.05, 3.63) is 66.3 Å². The third-order valence-electron chi connectivity index (χ3n) is 6.25. The zero-order valence-electron chi connectivity index (χ0n) is 20.4. The van der Waals surface area contributed by atoms with Crippen molar-refractivity contribution in [2.75, 3.05) is 13.2 Å². The average Bonchev–Trinajstić information content (AvgIpc) is 3.37. The van der Waals surface area contributed by atoms with E-state index in [1.54, 1.807) is 30.4 Å². The van der Waals surface area contributed by atoms with E-state index in [2.05, 4.69) is 20.7 Å². The zero-order valence-corrected chi connectivity index (χ0v) is 20.4. The van der Waals surface area contributed by atoms with Gasteiger partial charge in [-0.2, -0.15) is 5.11 Å². The molecule has 186 valence electrons.